The Labute approximate surface area is 189 Å². The van der Waals surface area contributed by atoms with E-state index in [0.29, 0.717) is 23.0 Å². The SMILES string of the molecule is Cc1nc(COc2ccc(C(=O)OCC(=O)NC(C)c3ccc(S(N)(=O)=O)cc3)cc2)no1. The monoisotopic (exact) mass is 474 g/mol. The van der Waals surface area contributed by atoms with Gasteiger partial charge in [0, 0.05) is 6.92 Å². The summed E-state index contributed by atoms with van der Waals surface area (Å²) in [4.78, 5) is 28.3. The van der Waals surface area contributed by atoms with Gasteiger partial charge in [0.25, 0.3) is 5.91 Å². The lowest BCUT2D eigenvalue weighted by Crippen LogP contribution is -2.31. The summed E-state index contributed by atoms with van der Waals surface area (Å²) in [5, 5.41) is 11.5. The van der Waals surface area contributed by atoms with E-state index in [9.17, 15) is 18.0 Å². The molecule has 12 heteroatoms. The predicted molar refractivity (Wildman–Crippen MR) is 114 cm³/mol. The van der Waals surface area contributed by atoms with Crippen molar-refractivity contribution < 1.29 is 32.0 Å². The lowest BCUT2D eigenvalue weighted by molar-refractivity contribution is -0.124. The molecule has 2 aromatic carbocycles. The Hall–Kier alpha value is -3.77. The first-order valence-corrected chi connectivity index (χ1v) is 11.3. The van der Waals surface area contributed by atoms with Gasteiger partial charge < -0.3 is 19.3 Å². The minimum Gasteiger partial charge on any atom is -0.485 e. The van der Waals surface area contributed by atoms with Gasteiger partial charge >= 0.3 is 5.97 Å². The van der Waals surface area contributed by atoms with Crippen LogP contribution in [0.25, 0.3) is 0 Å². The highest BCUT2D eigenvalue weighted by molar-refractivity contribution is 7.89. The second kappa shape index (κ2) is 10.2. The van der Waals surface area contributed by atoms with E-state index in [1.807, 2.05) is 0 Å². The van der Waals surface area contributed by atoms with Crippen LogP contribution in [0.3, 0.4) is 0 Å². The molecule has 174 valence electrons. The van der Waals surface area contributed by atoms with Crippen molar-refractivity contribution in [2.45, 2.75) is 31.4 Å². The Kier molecular flexibility index (Phi) is 7.41. The summed E-state index contributed by atoms with van der Waals surface area (Å²) in [7, 11) is -3.79. The second-order valence-corrected chi connectivity index (χ2v) is 8.58. The van der Waals surface area contributed by atoms with Crippen LogP contribution in [0.4, 0.5) is 0 Å². The molecule has 0 fully saturated rings. The first kappa shape index (κ1) is 23.9. The average Bonchev–Trinajstić information content (AvgIpc) is 3.21. The molecule has 1 heterocycles. The average molecular weight is 474 g/mol. The van der Waals surface area contributed by atoms with Crippen LogP contribution >= 0.6 is 0 Å². The van der Waals surface area contributed by atoms with Crippen LogP contribution in [0.2, 0.25) is 0 Å². The van der Waals surface area contributed by atoms with E-state index in [2.05, 4.69) is 15.5 Å². The second-order valence-electron chi connectivity index (χ2n) is 7.02. The minimum absolute atomic E-state index is 0.0277. The summed E-state index contributed by atoms with van der Waals surface area (Å²) in [5.74, 6) is 0.146. The van der Waals surface area contributed by atoms with Gasteiger partial charge in [-0.05, 0) is 48.9 Å². The van der Waals surface area contributed by atoms with E-state index in [0.717, 1.165) is 0 Å². The van der Waals surface area contributed by atoms with Crippen molar-refractivity contribution >= 4 is 21.9 Å². The van der Waals surface area contributed by atoms with E-state index in [1.165, 1.54) is 24.3 Å². The zero-order chi connectivity index (χ0) is 24.0. The Morgan fingerprint density at radius 3 is 2.36 bits per heavy atom. The lowest BCUT2D eigenvalue weighted by Gasteiger charge is -2.15. The van der Waals surface area contributed by atoms with Crippen LogP contribution in [0.15, 0.2) is 57.9 Å². The molecule has 0 aliphatic heterocycles. The molecule has 0 aliphatic rings. The molecular formula is C21H22N4O7S. The fourth-order valence-corrected chi connectivity index (χ4v) is 3.28. The first-order valence-electron chi connectivity index (χ1n) is 9.73. The van der Waals surface area contributed by atoms with Crippen LogP contribution in [-0.4, -0.2) is 37.0 Å². The van der Waals surface area contributed by atoms with Gasteiger partial charge in [-0.3, -0.25) is 4.79 Å². The van der Waals surface area contributed by atoms with Crippen LogP contribution in [-0.2, 0) is 26.2 Å². The highest BCUT2D eigenvalue weighted by atomic mass is 32.2. The van der Waals surface area contributed by atoms with Crippen LogP contribution in [0, 0.1) is 6.92 Å². The molecule has 3 N–H and O–H groups in total. The maximum Gasteiger partial charge on any atom is 0.338 e. The number of hydrogen-bond acceptors (Lipinski definition) is 9. The minimum atomic E-state index is -3.79. The van der Waals surface area contributed by atoms with Crippen molar-refractivity contribution in [2.24, 2.45) is 5.14 Å². The molecule has 1 unspecified atom stereocenters. The topological polar surface area (TPSA) is 164 Å². The predicted octanol–water partition coefficient (Wildman–Crippen LogP) is 1.64. The van der Waals surface area contributed by atoms with E-state index >= 15 is 0 Å². The zero-order valence-corrected chi connectivity index (χ0v) is 18.7. The van der Waals surface area contributed by atoms with Crippen molar-refractivity contribution in [2.75, 3.05) is 6.61 Å². The summed E-state index contributed by atoms with van der Waals surface area (Å²) in [6, 6.07) is 11.5. The lowest BCUT2D eigenvalue weighted by atomic mass is 10.1. The molecular weight excluding hydrogens is 452 g/mol. The highest BCUT2D eigenvalue weighted by Gasteiger charge is 2.15. The summed E-state index contributed by atoms with van der Waals surface area (Å²) in [6.45, 7) is 3.02. The molecule has 11 nitrogen and oxygen atoms in total. The van der Waals surface area contributed by atoms with Crippen molar-refractivity contribution in [1.29, 1.82) is 0 Å². The number of aryl methyl sites for hydroxylation is 1. The van der Waals surface area contributed by atoms with Gasteiger partial charge in [0.1, 0.15) is 5.75 Å². The Morgan fingerprint density at radius 1 is 1.12 bits per heavy atom. The molecule has 33 heavy (non-hydrogen) atoms. The number of nitrogens with zero attached hydrogens (tertiary/aromatic N) is 2. The number of carbonyl (C=O) groups excluding carboxylic acids is 2. The number of sulfonamides is 1. The molecule has 1 atom stereocenters. The van der Waals surface area contributed by atoms with Crippen molar-refractivity contribution in [3.63, 3.8) is 0 Å². The summed E-state index contributed by atoms with van der Waals surface area (Å²) >= 11 is 0. The van der Waals surface area contributed by atoms with Gasteiger partial charge in [0.05, 0.1) is 16.5 Å². The fourth-order valence-electron chi connectivity index (χ4n) is 2.76. The van der Waals surface area contributed by atoms with Gasteiger partial charge in [-0.2, -0.15) is 4.98 Å². The van der Waals surface area contributed by atoms with Gasteiger partial charge in [-0.25, -0.2) is 18.4 Å². The number of primary sulfonamides is 1. The molecule has 0 saturated carbocycles. The fraction of sp³-hybridized carbons (Fsp3) is 0.238. The number of amides is 1. The number of hydrogen-bond donors (Lipinski definition) is 2. The van der Waals surface area contributed by atoms with Gasteiger partial charge in [-0.15, -0.1) is 0 Å². The largest absolute Gasteiger partial charge is 0.485 e. The number of esters is 1. The van der Waals surface area contributed by atoms with Crippen molar-refractivity contribution in [1.82, 2.24) is 15.5 Å². The number of ether oxygens (including phenoxy) is 2. The zero-order valence-electron chi connectivity index (χ0n) is 17.8. The van der Waals surface area contributed by atoms with Gasteiger partial charge in [-0.1, -0.05) is 17.3 Å². The summed E-state index contributed by atoms with van der Waals surface area (Å²) in [6.07, 6.45) is 0. The molecule has 0 radical (unpaired) electrons. The Morgan fingerprint density at radius 2 is 1.79 bits per heavy atom. The smallest absolute Gasteiger partial charge is 0.338 e. The molecule has 0 saturated heterocycles. The van der Waals surface area contributed by atoms with Gasteiger partial charge in [0.2, 0.25) is 21.7 Å². The third-order valence-electron chi connectivity index (χ3n) is 4.45. The molecule has 3 aromatic rings. The maximum atomic E-state index is 12.2. The molecule has 0 spiro atoms. The van der Waals surface area contributed by atoms with Crippen LogP contribution in [0.5, 0.6) is 5.75 Å². The van der Waals surface area contributed by atoms with Crippen LogP contribution < -0.4 is 15.2 Å². The number of benzene rings is 2. The quantitative estimate of drug-likeness (QED) is 0.439. The maximum absolute atomic E-state index is 12.2. The first-order chi connectivity index (χ1) is 15.6. The number of carbonyl (C=O) groups is 2. The third kappa shape index (κ3) is 6.85. The van der Waals surface area contributed by atoms with Gasteiger partial charge in [0.15, 0.2) is 13.2 Å². The molecule has 1 amide bonds. The number of rotatable bonds is 9. The Balaban J connectivity index is 1.46. The van der Waals surface area contributed by atoms with Crippen molar-refractivity contribution in [3.8, 4) is 5.75 Å². The van der Waals surface area contributed by atoms with E-state index in [-0.39, 0.29) is 17.1 Å². The summed E-state index contributed by atoms with van der Waals surface area (Å²) in [5.41, 5.74) is 0.908. The van der Waals surface area contributed by atoms with E-state index in [1.54, 1.807) is 38.1 Å². The summed E-state index contributed by atoms with van der Waals surface area (Å²) < 4.78 is 38.0. The molecule has 0 bridgehead atoms. The molecule has 3 rings (SSSR count). The van der Waals surface area contributed by atoms with Crippen LogP contribution in [0.1, 0.15) is 40.6 Å². The molecule has 0 aliphatic carbocycles. The van der Waals surface area contributed by atoms with E-state index < -0.39 is 34.5 Å². The highest BCUT2D eigenvalue weighted by Crippen LogP contribution is 2.16. The third-order valence-corrected chi connectivity index (χ3v) is 5.38. The Bertz CT molecular complexity index is 1220. The molecule has 1 aromatic heterocycles. The van der Waals surface area contributed by atoms with Crippen molar-refractivity contribution in [3.05, 3.63) is 71.4 Å². The number of aromatic nitrogens is 2. The number of nitrogens with one attached hydrogen (secondary N) is 1. The normalized spacial score (nSPS) is 12.1. The van der Waals surface area contributed by atoms with E-state index in [4.69, 9.17) is 19.1 Å². The standard InChI is InChI=1S/C21H22N4O7S/c1-13(15-5-9-18(10-6-15)33(22,28)29)23-20(26)12-31-21(27)16-3-7-17(8-4-16)30-11-19-24-14(2)32-25-19/h3-10,13H,11-12H2,1-2H3,(H,23,26)(H2,22,28,29). The number of nitrogens with two attached hydrogens (primary N) is 1.